The summed E-state index contributed by atoms with van der Waals surface area (Å²) < 4.78 is 43.9. The van der Waals surface area contributed by atoms with E-state index in [-0.39, 0.29) is 11.4 Å². The van der Waals surface area contributed by atoms with Gasteiger partial charge in [-0.15, -0.1) is 0 Å². The summed E-state index contributed by atoms with van der Waals surface area (Å²) in [6.45, 7) is 0. The van der Waals surface area contributed by atoms with Crippen LogP contribution in [-0.2, 0) is 19.0 Å². The Hall–Kier alpha value is -2.31. The van der Waals surface area contributed by atoms with Gasteiger partial charge in [0.25, 0.3) is 5.91 Å². The van der Waals surface area contributed by atoms with Gasteiger partial charge in [0.2, 0.25) is 0 Å². The average molecular weight is 310 g/mol. The van der Waals surface area contributed by atoms with Gasteiger partial charge in [-0.2, -0.15) is 13.2 Å². The van der Waals surface area contributed by atoms with E-state index < -0.39 is 17.6 Å². The molecule has 0 aliphatic heterocycles. The van der Waals surface area contributed by atoms with Crippen LogP contribution in [0.1, 0.15) is 40.2 Å². The molecule has 0 radical (unpaired) electrons. The summed E-state index contributed by atoms with van der Waals surface area (Å²) in [5.74, 6) is -0.0240. The number of hydrogen-bond acceptors (Lipinski definition) is 3. The topological polar surface area (TPSA) is 55.1 Å². The van der Waals surface area contributed by atoms with Crippen molar-refractivity contribution in [2.75, 3.05) is 5.32 Å². The number of halogens is 3. The SMILES string of the molecule is O=C(Nc1ccccc1C(F)(F)F)c1noc2c1CCCC2. The predicted octanol–water partition coefficient (Wildman–Crippen LogP) is 3.82. The largest absolute Gasteiger partial charge is 0.418 e. The number of hydrogen-bond donors (Lipinski definition) is 1. The van der Waals surface area contributed by atoms with Crippen molar-refractivity contribution in [2.45, 2.75) is 31.9 Å². The quantitative estimate of drug-likeness (QED) is 0.917. The Balaban J connectivity index is 1.88. The maximum absolute atomic E-state index is 12.9. The van der Waals surface area contributed by atoms with Crippen LogP contribution in [0.2, 0.25) is 0 Å². The molecular formula is C15H13F3N2O2. The molecule has 4 nitrogen and oxygen atoms in total. The van der Waals surface area contributed by atoms with Crippen molar-refractivity contribution in [1.29, 1.82) is 0 Å². The predicted molar refractivity (Wildman–Crippen MR) is 72.5 cm³/mol. The van der Waals surface area contributed by atoms with E-state index in [1.54, 1.807) is 0 Å². The van der Waals surface area contributed by atoms with Crippen LogP contribution < -0.4 is 5.32 Å². The molecule has 0 saturated heterocycles. The number of amides is 1. The maximum Gasteiger partial charge on any atom is 0.418 e. The third kappa shape index (κ3) is 2.70. The summed E-state index contributed by atoms with van der Waals surface area (Å²) in [5, 5.41) is 6.01. The van der Waals surface area contributed by atoms with Gasteiger partial charge >= 0.3 is 6.18 Å². The van der Waals surface area contributed by atoms with Crippen molar-refractivity contribution >= 4 is 11.6 Å². The second-order valence-electron chi connectivity index (χ2n) is 5.14. The van der Waals surface area contributed by atoms with Crippen LogP contribution in [0.15, 0.2) is 28.8 Å². The van der Waals surface area contributed by atoms with Crippen molar-refractivity contribution in [3.05, 3.63) is 46.8 Å². The monoisotopic (exact) mass is 310 g/mol. The Morgan fingerprint density at radius 2 is 1.91 bits per heavy atom. The van der Waals surface area contributed by atoms with Crippen molar-refractivity contribution in [2.24, 2.45) is 0 Å². The standard InChI is InChI=1S/C15H13F3N2O2/c16-15(17,18)10-6-2-3-7-11(10)19-14(21)13-9-5-1-4-8-12(9)22-20-13/h2-3,6-7H,1,4-5,8H2,(H,19,21). The van der Waals surface area contributed by atoms with Gasteiger partial charge in [-0.05, 0) is 31.4 Å². The number of fused-ring (bicyclic) bond motifs is 1. The summed E-state index contributed by atoms with van der Waals surface area (Å²) >= 11 is 0. The highest BCUT2D eigenvalue weighted by Gasteiger charge is 2.34. The highest BCUT2D eigenvalue weighted by Crippen LogP contribution is 2.35. The Labute approximate surface area is 124 Å². The summed E-state index contributed by atoms with van der Waals surface area (Å²) in [7, 11) is 0. The second kappa shape index (κ2) is 5.47. The molecule has 1 amide bonds. The number of aryl methyl sites for hydroxylation is 1. The number of anilines is 1. The van der Waals surface area contributed by atoms with Crippen LogP contribution in [0.4, 0.5) is 18.9 Å². The summed E-state index contributed by atoms with van der Waals surface area (Å²) in [6.07, 6.45) is -1.31. The molecule has 7 heteroatoms. The normalized spacial score (nSPS) is 14.5. The molecule has 22 heavy (non-hydrogen) atoms. The maximum atomic E-state index is 12.9. The number of rotatable bonds is 2. The summed E-state index contributed by atoms with van der Waals surface area (Å²) in [6, 6.07) is 4.85. The molecule has 0 unspecified atom stereocenters. The third-order valence-corrected chi connectivity index (χ3v) is 3.65. The lowest BCUT2D eigenvalue weighted by atomic mass is 9.96. The molecule has 0 spiro atoms. The lowest BCUT2D eigenvalue weighted by Crippen LogP contribution is -2.18. The number of carbonyl (C=O) groups excluding carboxylic acids is 1. The van der Waals surface area contributed by atoms with Crippen LogP contribution in [0, 0.1) is 0 Å². The minimum atomic E-state index is -4.53. The van der Waals surface area contributed by atoms with E-state index in [4.69, 9.17) is 4.52 Å². The lowest BCUT2D eigenvalue weighted by molar-refractivity contribution is -0.136. The van der Waals surface area contributed by atoms with Crippen molar-refractivity contribution in [1.82, 2.24) is 5.16 Å². The Morgan fingerprint density at radius 3 is 2.68 bits per heavy atom. The molecule has 3 rings (SSSR count). The van der Waals surface area contributed by atoms with E-state index in [0.717, 1.165) is 18.9 Å². The second-order valence-corrected chi connectivity index (χ2v) is 5.14. The van der Waals surface area contributed by atoms with E-state index >= 15 is 0 Å². The Kier molecular flexibility index (Phi) is 3.64. The number of nitrogens with one attached hydrogen (secondary N) is 1. The number of alkyl halides is 3. The number of para-hydroxylation sites is 1. The fourth-order valence-corrected chi connectivity index (χ4v) is 2.58. The molecule has 2 aromatic rings. The lowest BCUT2D eigenvalue weighted by Gasteiger charge is -2.13. The molecule has 0 atom stereocenters. The summed E-state index contributed by atoms with van der Waals surface area (Å²) in [5.41, 5.74) is -0.395. The van der Waals surface area contributed by atoms with Gasteiger partial charge in [0.1, 0.15) is 5.76 Å². The molecule has 1 aliphatic carbocycles. The fourth-order valence-electron chi connectivity index (χ4n) is 2.58. The molecule has 1 aliphatic rings. The Bertz CT molecular complexity index is 707. The molecule has 0 saturated carbocycles. The average Bonchev–Trinajstić information content (AvgIpc) is 2.90. The number of benzene rings is 1. The first-order valence-electron chi connectivity index (χ1n) is 6.92. The van der Waals surface area contributed by atoms with Gasteiger partial charge in [0.05, 0.1) is 11.3 Å². The van der Waals surface area contributed by atoms with Gasteiger partial charge in [-0.1, -0.05) is 17.3 Å². The molecule has 1 aromatic carbocycles. The first-order valence-corrected chi connectivity index (χ1v) is 6.92. The molecule has 1 heterocycles. The highest BCUT2D eigenvalue weighted by atomic mass is 19.4. The smallest absolute Gasteiger partial charge is 0.360 e. The number of aromatic nitrogens is 1. The zero-order valence-corrected chi connectivity index (χ0v) is 11.5. The first kappa shape index (κ1) is 14.6. The minimum Gasteiger partial charge on any atom is -0.360 e. The van der Waals surface area contributed by atoms with E-state index in [9.17, 15) is 18.0 Å². The summed E-state index contributed by atoms with van der Waals surface area (Å²) in [4.78, 5) is 12.2. The van der Waals surface area contributed by atoms with E-state index in [2.05, 4.69) is 10.5 Å². The fraction of sp³-hybridized carbons (Fsp3) is 0.333. The molecular weight excluding hydrogens is 297 g/mol. The minimum absolute atomic E-state index is 0.0756. The van der Waals surface area contributed by atoms with Gasteiger partial charge in [-0.3, -0.25) is 4.79 Å². The Morgan fingerprint density at radius 1 is 1.18 bits per heavy atom. The van der Waals surface area contributed by atoms with Gasteiger partial charge in [0, 0.05) is 12.0 Å². The molecule has 1 N–H and O–H groups in total. The zero-order chi connectivity index (χ0) is 15.7. The van der Waals surface area contributed by atoms with Crippen LogP contribution in [0.25, 0.3) is 0 Å². The van der Waals surface area contributed by atoms with Crippen molar-refractivity contribution in [3.63, 3.8) is 0 Å². The van der Waals surface area contributed by atoms with Crippen molar-refractivity contribution in [3.8, 4) is 0 Å². The van der Waals surface area contributed by atoms with E-state index in [1.807, 2.05) is 0 Å². The van der Waals surface area contributed by atoms with Crippen LogP contribution >= 0.6 is 0 Å². The van der Waals surface area contributed by atoms with E-state index in [1.165, 1.54) is 18.2 Å². The van der Waals surface area contributed by atoms with Gasteiger partial charge < -0.3 is 9.84 Å². The zero-order valence-electron chi connectivity index (χ0n) is 11.5. The highest BCUT2D eigenvalue weighted by molar-refractivity contribution is 6.04. The molecule has 0 fully saturated rings. The van der Waals surface area contributed by atoms with E-state index in [0.29, 0.717) is 24.2 Å². The van der Waals surface area contributed by atoms with Gasteiger partial charge in [0.15, 0.2) is 5.69 Å². The molecule has 1 aromatic heterocycles. The van der Waals surface area contributed by atoms with Crippen LogP contribution in [-0.4, -0.2) is 11.1 Å². The van der Waals surface area contributed by atoms with Gasteiger partial charge in [-0.25, -0.2) is 0 Å². The number of nitrogens with zero attached hydrogens (tertiary/aromatic N) is 1. The van der Waals surface area contributed by atoms with Crippen LogP contribution in [0.5, 0.6) is 0 Å². The third-order valence-electron chi connectivity index (χ3n) is 3.65. The molecule has 0 bridgehead atoms. The van der Waals surface area contributed by atoms with Crippen LogP contribution in [0.3, 0.4) is 0 Å². The molecule has 116 valence electrons. The van der Waals surface area contributed by atoms with Crippen molar-refractivity contribution < 1.29 is 22.5 Å². The number of carbonyl (C=O) groups is 1. The first-order chi connectivity index (χ1) is 10.5.